The zero-order valence-electron chi connectivity index (χ0n) is 44.2. The van der Waals surface area contributed by atoms with Gasteiger partial charge in [-0.3, -0.25) is 9.59 Å². The van der Waals surface area contributed by atoms with E-state index < -0.39 is 5.91 Å². The molecule has 1 amide bonds. The van der Waals surface area contributed by atoms with E-state index in [2.05, 4.69) is 169 Å². The van der Waals surface area contributed by atoms with E-state index in [1.807, 2.05) is 12.1 Å². The summed E-state index contributed by atoms with van der Waals surface area (Å²) in [4.78, 5) is 29.5. The number of carbonyl (C=O) groups excluding carboxylic acids is 2. The van der Waals surface area contributed by atoms with E-state index in [-0.39, 0.29) is 45.1 Å². The van der Waals surface area contributed by atoms with Crippen LogP contribution in [0.15, 0.2) is 86.3 Å². The maximum atomic E-state index is 12.8. The standard InChI is InChI=1S/C28H38N2O4.C19H22O3.C9H22N2/c1-17-14-21(27(3,4)5)22(28(6,7)8)16-19(17)15-20-12-13-23(34-20)25(31)30-24(18(2)32-10)26(29-9)33-11;1-12-8-16-17(19(4,5)22-18(16,2)3)10-13(12)9-14-6-7-15(11-20)21-14;1-5-9(2)8-10-6-7-11(3)4/h12-14,16H,2,9,15H2,1,3-8,10-11H3,(H,30,31);6-8,10-11H,9H2,1-5H3;9-10H,5-8H2,1-4H3/b26-24-;;. The fourth-order valence-corrected chi connectivity index (χ4v) is 7.96. The van der Waals surface area contributed by atoms with Crippen molar-refractivity contribution in [3.05, 3.63) is 140 Å². The number of aliphatic imine (C=N–C) groups is 1. The number of rotatable bonds is 17. The number of aryl methyl sites for hydroxylation is 2. The summed E-state index contributed by atoms with van der Waals surface area (Å²) in [6, 6.07) is 16.1. The van der Waals surface area contributed by atoms with Crippen LogP contribution in [0.5, 0.6) is 0 Å². The molecule has 3 heterocycles. The molecule has 11 nitrogen and oxygen atoms in total. The van der Waals surface area contributed by atoms with Crippen molar-refractivity contribution >= 4 is 18.9 Å². The van der Waals surface area contributed by atoms with Crippen molar-refractivity contribution in [2.45, 2.75) is 138 Å². The van der Waals surface area contributed by atoms with Gasteiger partial charge in [0.15, 0.2) is 17.8 Å². The van der Waals surface area contributed by atoms with Gasteiger partial charge in [0.2, 0.25) is 5.88 Å². The number of hydrogen-bond acceptors (Lipinski definition) is 10. The molecule has 1 unspecified atom stereocenters. The third-order valence-corrected chi connectivity index (χ3v) is 12.0. The normalized spacial score (nSPS) is 14.7. The molecule has 0 bridgehead atoms. The highest BCUT2D eigenvalue weighted by Crippen LogP contribution is 2.47. The zero-order chi connectivity index (χ0) is 50.7. The molecule has 0 saturated carbocycles. The average molecular weight is 923 g/mol. The van der Waals surface area contributed by atoms with Crippen molar-refractivity contribution in [2.75, 3.05) is 47.9 Å². The van der Waals surface area contributed by atoms with Gasteiger partial charge in [0.05, 0.1) is 25.4 Å². The molecule has 1 aliphatic heterocycles. The summed E-state index contributed by atoms with van der Waals surface area (Å²) in [7, 11) is 7.06. The fourth-order valence-electron chi connectivity index (χ4n) is 7.96. The van der Waals surface area contributed by atoms with Crippen LogP contribution in [0, 0.1) is 19.8 Å². The summed E-state index contributed by atoms with van der Waals surface area (Å²) >= 11 is 0. The minimum Gasteiger partial charge on any atom is -0.495 e. The SMILES string of the molecule is C=N/C(OC)=C(/NC(=O)c1ccc(Cc2cc(C(C)(C)C)c(C(C)(C)C)cc2C)o1)C(=C)OC.CCC(C)CNCCN(C)C.Cc1cc2c(cc1Cc1ccc(C=O)o1)C(C)(C)OC2(C)C. The molecule has 0 spiro atoms. The Morgan fingerprint density at radius 1 is 0.836 bits per heavy atom. The number of carbonyl (C=O) groups is 2. The molecule has 2 N–H and O–H groups in total. The Morgan fingerprint density at radius 3 is 1.88 bits per heavy atom. The molecular weight excluding hydrogens is 841 g/mol. The molecule has 0 fully saturated rings. The third-order valence-electron chi connectivity index (χ3n) is 12.0. The van der Waals surface area contributed by atoms with Crippen molar-refractivity contribution in [3.8, 4) is 0 Å². The first kappa shape index (κ1) is 56.1. The molecule has 1 aliphatic rings. The minimum atomic E-state index is -0.465. The van der Waals surface area contributed by atoms with Gasteiger partial charge < -0.3 is 38.6 Å². The van der Waals surface area contributed by atoms with Gasteiger partial charge in [-0.25, -0.2) is 4.99 Å². The third kappa shape index (κ3) is 15.7. The molecule has 0 aliphatic carbocycles. The number of methoxy groups -OCH3 is 2. The first-order valence-electron chi connectivity index (χ1n) is 23.4. The van der Waals surface area contributed by atoms with Crippen LogP contribution >= 0.6 is 0 Å². The van der Waals surface area contributed by atoms with Crippen LogP contribution in [0.1, 0.15) is 167 Å². The highest BCUT2D eigenvalue weighted by atomic mass is 16.5. The number of nitrogens with zero attached hydrogens (tertiary/aromatic N) is 2. The predicted molar refractivity (Wildman–Crippen MR) is 273 cm³/mol. The summed E-state index contributed by atoms with van der Waals surface area (Å²) < 4.78 is 27.9. The molecule has 11 heteroatoms. The Kier molecular flexibility index (Phi) is 19.8. The second kappa shape index (κ2) is 23.7. The Hall–Kier alpha value is -5.23. The lowest BCUT2D eigenvalue weighted by Gasteiger charge is -2.31. The Labute approximate surface area is 402 Å². The van der Waals surface area contributed by atoms with E-state index in [4.69, 9.17) is 23.0 Å². The van der Waals surface area contributed by atoms with Gasteiger partial charge in [0, 0.05) is 25.9 Å². The van der Waals surface area contributed by atoms with Gasteiger partial charge in [-0.1, -0.05) is 92.7 Å². The van der Waals surface area contributed by atoms with Crippen molar-refractivity contribution in [1.82, 2.24) is 15.5 Å². The lowest BCUT2D eigenvalue weighted by molar-refractivity contribution is -0.105. The van der Waals surface area contributed by atoms with Gasteiger partial charge in [0.25, 0.3) is 5.91 Å². The predicted octanol–water partition coefficient (Wildman–Crippen LogP) is 11.9. The maximum absolute atomic E-state index is 12.8. The van der Waals surface area contributed by atoms with E-state index in [1.54, 1.807) is 12.1 Å². The van der Waals surface area contributed by atoms with Crippen LogP contribution in [0.3, 0.4) is 0 Å². The van der Waals surface area contributed by atoms with Crippen LogP contribution < -0.4 is 10.6 Å². The van der Waals surface area contributed by atoms with E-state index in [0.717, 1.165) is 37.6 Å². The maximum Gasteiger partial charge on any atom is 0.291 e. The molecule has 67 heavy (non-hydrogen) atoms. The highest BCUT2D eigenvalue weighted by molar-refractivity contribution is 5.93. The molecule has 0 radical (unpaired) electrons. The monoisotopic (exact) mass is 923 g/mol. The minimum absolute atomic E-state index is 0.00397. The summed E-state index contributed by atoms with van der Waals surface area (Å²) in [5.41, 5.74) is 9.63. The molecule has 368 valence electrons. The Bertz CT molecular complexity index is 2350. The number of ether oxygens (including phenoxy) is 3. The van der Waals surface area contributed by atoms with E-state index in [1.165, 1.54) is 65.1 Å². The first-order chi connectivity index (χ1) is 31.1. The van der Waals surface area contributed by atoms with Crippen LogP contribution in [-0.4, -0.2) is 71.8 Å². The van der Waals surface area contributed by atoms with Crippen molar-refractivity contribution in [3.63, 3.8) is 0 Å². The smallest absolute Gasteiger partial charge is 0.291 e. The van der Waals surface area contributed by atoms with Crippen molar-refractivity contribution in [2.24, 2.45) is 10.9 Å². The molecule has 0 saturated heterocycles. The lowest BCUT2D eigenvalue weighted by Crippen LogP contribution is -2.29. The summed E-state index contributed by atoms with van der Waals surface area (Å²) in [5.74, 6) is 2.67. The number of benzene rings is 2. The first-order valence-corrected chi connectivity index (χ1v) is 23.4. The molecule has 5 rings (SSSR count). The van der Waals surface area contributed by atoms with Crippen LogP contribution in [-0.2, 0) is 49.1 Å². The van der Waals surface area contributed by atoms with Gasteiger partial charge in [-0.2, -0.15) is 0 Å². The number of furan rings is 2. The van der Waals surface area contributed by atoms with Crippen LogP contribution in [0.2, 0.25) is 0 Å². The number of aldehydes is 1. The summed E-state index contributed by atoms with van der Waals surface area (Å²) in [6.45, 7) is 41.2. The topological polar surface area (TPSA) is 128 Å². The van der Waals surface area contributed by atoms with Crippen molar-refractivity contribution in [1.29, 1.82) is 0 Å². The quantitative estimate of drug-likeness (QED) is 0.0350. The van der Waals surface area contributed by atoms with E-state index in [0.29, 0.717) is 24.4 Å². The molecule has 4 aromatic rings. The fraction of sp³-hybridized carbons (Fsp3) is 0.518. The molecule has 2 aromatic heterocycles. The van der Waals surface area contributed by atoms with E-state index in [9.17, 15) is 9.59 Å². The Morgan fingerprint density at radius 2 is 1.37 bits per heavy atom. The second-order valence-electron chi connectivity index (χ2n) is 21.0. The molecule has 2 aromatic carbocycles. The average Bonchev–Trinajstić information content (AvgIpc) is 3.95. The van der Waals surface area contributed by atoms with Gasteiger partial charge >= 0.3 is 0 Å². The van der Waals surface area contributed by atoms with Crippen LogP contribution in [0.4, 0.5) is 0 Å². The number of nitrogens with one attached hydrogen (secondary N) is 2. The molecular formula is C56H82N4O7. The molecule has 1 atom stereocenters. The highest BCUT2D eigenvalue weighted by Gasteiger charge is 2.43. The largest absolute Gasteiger partial charge is 0.495 e. The number of fused-ring (bicyclic) bond motifs is 1. The zero-order valence-corrected chi connectivity index (χ0v) is 44.2. The van der Waals surface area contributed by atoms with Gasteiger partial charge in [-0.05, 0) is 154 Å². The number of amides is 1. The van der Waals surface area contributed by atoms with Crippen LogP contribution in [0.25, 0.3) is 0 Å². The lowest BCUT2D eigenvalue weighted by atomic mass is 9.73. The van der Waals surface area contributed by atoms with Gasteiger partial charge in [0.1, 0.15) is 23.0 Å². The summed E-state index contributed by atoms with van der Waals surface area (Å²) in [6.07, 6.45) is 3.27. The van der Waals surface area contributed by atoms with Crippen molar-refractivity contribution < 1.29 is 32.6 Å². The summed E-state index contributed by atoms with van der Waals surface area (Å²) in [5, 5.41) is 6.12. The number of likely N-dealkylation sites (N-methyl/N-ethyl adjacent to an activating group) is 1. The van der Waals surface area contributed by atoms with Gasteiger partial charge in [-0.15, -0.1) is 0 Å². The number of hydrogen-bond donors (Lipinski definition) is 2. The second-order valence-corrected chi connectivity index (χ2v) is 21.0. The Balaban J connectivity index is 0.000000306. The van der Waals surface area contributed by atoms with E-state index >= 15 is 0 Å².